The SMILES string of the molecule is Cn1ncc2ncc(C(=O)N3Cc4cnc(-c5ccccc5)nc4C3)cc21. The van der Waals surface area contributed by atoms with E-state index in [1.807, 2.05) is 49.6 Å². The van der Waals surface area contributed by atoms with Crippen LogP contribution in [0.2, 0.25) is 0 Å². The maximum absolute atomic E-state index is 13.0. The fourth-order valence-electron chi connectivity index (χ4n) is 3.35. The van der Waals surface area contributed by atoms with Crippen molar-refractivity contribution in [1.29, 1.82) is 0 Å². The van der Waals surface area contributed by atoms with Gasteiger partial charge in [0.15, 0.2) is 5.82 Å². The Morgan fingerprint density at radius 3 is 2.74 bits per heavy atom. The molecular weight excluding hydrogens is 340 g/mol. The van der Waals surface area contributed by atoms with E-state index in [2.05, 4.69) is 20.1 Å². The van der Waals surface area contributed by atoms with Crippen molar-refractivity contribution in [3.8, 4) is 11.4 Å². The minimum Gasteiger partial charge on any atom is -0.328 e. The molecule has 3 aromatic heterocycles. The van der Waals surface area contributed by atoms with Crippen LogP contribution in [0.4, 0.5) is 0 Å². The van der Waals surface area contributed by atoms with E-state index in [9.17, 15) is 4.79 Å². The van der Waals surface area contributed by atoms with Gasteiger partial charge in [0.2, 0.25) is 0 Å². The number of carbonyl (C=O) groups excluding carboxylic acids is 1. The van der Waals surface area contributed by atoms with Gasteiger partial charge in [0.25, 0.3) is 5.91 Å². The molecule has 0 saturated carbocycles. The third-order valence-corrected chi connectivity index (χ3v) is 4.82. The van der Waals surface area contributed by atoms with Gasteiger partial charge in [0.05, 0.1) is 29.5 Å². The molecule has 1 aromatic carbocycles. The van der Waals surface area contributed by atoms with E-state index < -0.39 is 0 Å². The molecule has 0 spiro atoms. The van der Waals surface area contributed by atoms with Gasteiger partial charge < -0.3 is 4.90 Å². The fraction of sp³-hybridized carbons (Fsp3) is 0.150. The Balaban J connectivity index is 1.43. The molecule has 7 heteroatoms. The van der Waals surface area contributed by atoms with Crippen molar-refractivity contribution in [2.24, 2.45) is 7.05 Å². The summed E-state index contributed by atoms with van der Waals surface area (Å²) in [4.78, 5) is 28.2. The first-order valence-corrected chi connectivity index (χ1v) is 8.66. The summed E-state index contributed by atoms with van der Waals surface area (Å²) < 4.78 is 1.72. The molecule has 5 rings (SSSR count). The minimum absolute atomic E-state index is 0.0649. The molecule has 0 radical (unpaired) electrons. The molecule has 0 fully saturated rings. The molecule has 0 aliphatic carbocycles. The molecule has 0 saturated heterocycles. The van der Waals surface area contributed by atoms with Crippen molar-refractivity contribution >= 4 is 16.9 Å². The highest BCUT2D eigenvalue weighted by Crippen LogP contribution is 2.25. The van der Waals surface area contributed by atoms with Crippen LogP contribution in [0.5, 0.6) is 0 Å². The van der Waals surface area contributed by atoms with Crippen molar-refractivity contribution in [2.45, 2.75) is 13.1 Å². The van der Waals surface area contributed by atoms with Crippen LogP contribution >= 0.6 is 0 Å². The summed E-state index contributed by atoms with van der Waals surface area (Å²) >= 11 is 0. The zero-order chi connectivity index (χ0) is 18.4. The lowest BCUT2D eigenvalue weighted by Crippen LogP contribution is -2.25. The molecule has 7 nitrogen and oxygen atoms in total. The quantitative estimate of drug-likeness (QED) is 0.552. The van der Waals surface area contributed by atoms with Crippen molar-refractivity contribution in [3.05, 3.63) is 71.8 Å². The van der Waals surface area contributed by atoms with Crippen LogP contribution in [0.3, 0.4) is 0 Å². The Labute approximate surface area is 155 Å². The first-order chi connectivity index (χ1) is 13.2. The smallest absolute Gasteiger partial charge is 0.256 e. The highest BCUT2D eigenvalue weighted by atomic mass is 16.2. The van der Waals surface area contributed by atoms with Crippen LogP contribution in [0.15, 0.2) is 55.0 Å². The second kappa shape index (κ2) is 5.98. The number of benzene rings is 1. The van der Waals surface area contributed by atoms with E-state index in [-0.39, 0.29) is 5.91 Å². The Hall–Kier alpha value is -3.61. The normalized spacial score (nSPS) is 13.1. The van der Waals surface area contributed by atoms with Gasteiger partial charge in [-0.2, -0.15) is 5.10 Å². The van der Waals surface area contributed by atoms with Crippen LogP contribution in [0.25, 0.3) is 22.4 Å². The van der Waals surface area contributed by atoms with E-state index in [0.717, 1.165) is 27.9 Å². The molecule has 0 N–H and O–H groups in total. The molecule has 4 aromatic rings. The second-order valence-corrected chi connectivity index (χ2v) is 6.59. The third kappa shape index (κ3) is 2.64. The van der Waals surface area contributed by atoms with E-state index in [1.165, 1.54) is 0 Å². The first kappa shape index (κ1) is 15.6. The fourth-order valence-corrected chi connectivity index (χ4v) is 3.35. The number of hydrogen-bond donors (Lipinski definition) is 0. The minimum atomic E-state index is -0.0649. The lowest BCUT2D eigenvalue weighted by atomic mass is 10.2. The molecule has 0 unspecified atom stereocenters. The van der Waals surface area contributed by atoms with Gasteiger partial charge in [0.1, 0.15) is 5.52 Å². The van der Waals surface area contributed by atoms with Gasteiger partial charge in [-0.3, -0.25) is 14.5 Å². The number of pyridine rings is 1. The van der Waals surface area contributed by atoms with E-state index in [0.29, 0.717) is 24.5 Å². The molecule has 0 atom stereocenters. The summed E-state index contributed by atoms with van der Waals surface area (Å²) in [6.07, 6.45) is 5.12. The summed E-state index contributed by atoms with van der Waals surface area (Å²) in [7, 11) is 1.84. The molecule has 0 bridgehead atoms. The van der Waals surface area contributed by atoms with E-state index in [1.54, 1.807) is 22.0 Å². The predicted molar refractivity (Wildman–Crippen MR) is 99.6 cm³/mol. The number of aryl methyl sites for hydroxylation is 1. The highest BCUT2D eigenvalue weighted by molar-refractivity contribution is 5.96. The van der Waals surface area contributed by atoms with Crippen molar-refractivity contribution in [2.75, 3.05) is 0 Å². The third-order valence-electron chi connectivity index (χ3n) is 4.82. The van der Waals surface area contributed by atoms with Crippen LogP contribution < -0.4 is 0 Å². The summed E-state index contributed by atoms with van der Waals surface area (Å²) in [5, 5.41) is 4.18. The van der Waals surface area contributed by atoms with Crippen LogP contribution in [-0.4, -0.2) is 35.5 Å². The van der Waals surface area contributed by atoms with Crippen LogP contribution in [0, 0.1) is 0 Å². The topological polar surface area (TPSA) is 76.8 Å². The Bertz CT molecular complexity index is 1170. The van der Waals surface area contributed by atoms with Gasteiger partial charge in [-0.15, -0.1) is 0 Å². The zero-order valence-corrected chi connectivity index (χ0v) is 14.7. The van der Waals surface area contributed by atoms with Gasteiger partial charge >= 0.3 is 0 Å². The zero-order valence-electron chi connectivity index (χ0n) is 14.7. The Morgan fingerprint density at radius 1 is 1.04 bits per heavy atom. The van der Waals surface area contributed by atoms with Crippen LogP contribution in [0.1, 0.15) is 21.6 Å². The van der Waals surface area contributed by atoms with Crippen molar-refractivity contribution in [3.63, 3.8) is 0 Å². The average Bonchev–Trinajstić information content (AvgIpc) is 3.31. The molecule has 27 heavy (non-hydrogen) atoms. The average molecular weight is 356 g/mol. The summed E-state index contributed by atoms with van der Waals surface area (Å²) in [5.41, 5.74) is 5.01. The second-order valence-electron chi connectivity index (χ2n) is 6.59. The number of fused-ring (bicyclic) bond motifs is 2. The number of nitrogens with zero attached hydrogens (tertiary/aromatic N) is 6. The largest absolute Gasteiger partial charge is 0.328 e. The number of hydrogen-bond acceptors (Lipinski definition) is 5. The van der Waals surface area contributed by atoms with Crippen LogP contribution in [-0.2, 0) is 20.1 Å². The summed E-state index contributed by atoms with van der Waals surface area (Å²) in [5.74, 6) is 0.617. The van der Waals surface area contributed by atoms with Gasteiger partial charge in [-0.25, -0.2) is 9.97 Å². The lowest BCUT2D eigenvalue weighted by molar-refractivity contribution is 0.0750. The molecule has 1 aliphatic rings. The molecule has 1 amide bonds. The number of rotatable bonds is 2. The van der Waals surface area contributed by atoms with E-state index in [4.69, 9.17) is 0 Å². The maximum atomic E-state index is 13.0. The van der Waals surface area contributed by atoms with E-state index >= 15 is 0 Å². The lowest BCUT2D eigenvalue weighted by Gasteiger charge is -2.14. The standard InChI is InChI=1S/C20H16N6O/c1-25-18-7-14(8-21-16(18)10-23-25)20(27)26-11-15-9-22-19(24-17(15)12-26)13-5-3-2-4-6-13/h2-10H,11-12H2,1H3. The molecule has 4 heterocycles. The van der Waals surface area contributed by atoms with Crippen molar-refractivity contribution < 1.29 is 4.79 Å². The maximum Gasteiger partial charge on any atom is 0.256 e. The monoisotopic (exact) mass is 356 g/mol. The summed E-state index contributed by atoms with van der Waals surface area (Å²) in [6, 6.07) is 11.7. The molecular formula is C20H16N6O. The highest BCUT2D eigenvalue weighted by Gasteiger charge is 2.26. The predicted octanol–water partition coefficient (Wildman–Crippen LogP) is 2.58. The summed E-state index contributed by atoms with van der Waals surface area (Å²) in [6.45, 7) is 0.979. The Morgan fingerprint density at radius 2 is 1.89 bits per heavy atom. The van der Waals surface area contributed by atoms with Gasteiger partial charge in [0, 0.05) is 37.1 Å². The first-order valence-electron chi connectivity index (χ1n) is 8.66. The van der Waals surface area contributed by atoms with Gasteiger partial charge in [-0.1, -0.05) is 30.3 Å². The number of aromatic nitrogens is 5. The Kier molecular flexibility index (Phi) is 3.46. The van der Waals surface area contributed by atoms with Gasteiger partial charge in [-0.05, 0) is 6.07 Å². The number of amides is 1. The molecule has 1 aliphatic heterocycles. The molecule has 132 valence electrons. The number of carbonyl (C=O) groups is 1. The van der Waals surface area contributed by atoms with Crippen molar-refractivity contribution in [1.82, 2.24) is 29.6 Å².